The molecule has 132 valence electrons. The smallest absolute Gasteiger partial charge is 0.271 e. The highest BCUT2D eigenvalue weighted by Crippen LogP contribution is 2.29. The van der Waals surface area contributed by atoms with Gasteiger partial charge in [-0.1, -0.05) is 18.2 Å². The Morgan fingerprint density at radius 2 is 2.00 bits per heavy atom. The molecule has 0 fully saturated rings. The highest BCUT2D eigenvalue weighted by molar-refractivity contribution is 9.11. The molecule has 1 aromatic carbocycles. The summed E-state index contributed by atoms with van der Waals surface area (Å²) in [5.41, 5.74) is 4.11. The Balaban J connectivity index is 1.69. The standard InChI is InChI=1S/C18H14BrN3O2S2/c1-12-4-3-9-22-11-15(20-18(12)22)13-5-2-6-14(10-13)21-26(23,24)17-8-7-16(19)25-17/h2-11,21H,1H3. The summed E-state index contributed by atoms with van der Waals surface area (Å²) in [6, 6.07) is 14.5. The van der Waals surface area contributed by atoms with E-state index in [0.717, 1.165) is 26.3 Å². The number of benzene rings is 1. The van der Waals surface area contributed by atoms with Crippen LogP contribution in [0.5, 0.6) is 0 Å². The van der Waals surface area contributed by atoms with Crippen molar-refractivity contribution in [3.63, 3.8) is 0 Å². The van der Waals surface area contributed by atoms with E-state index < -0.39 is 10.0 Å². The quantitative estimate of drug-likeness (QED) is 0.481. The van der Waals surface area contributed by atoms with Crippen molar-refractivity contribution in [1.82, 2.24) is 9.38 Å². The van der Waals surface area contributed by atoms with E-state index in [1.165, 1.54) is 11.3 Å². The minimum atomic E-state index is -3.61. The van der Waals surface area contributed by atoms with Crippen LogP contribution in [0, 0.1) is 6.92 Å². The number of hydrogen-bond donors (Lipinski definition) is 1. The van der Waals surface area contributed by atoms with E-state index in [1.807, 2.05) is 48.0 Å². The van der Waals surface area contributed by atoms with Crippen molar-refractivity contribution in [2.75, 3.05) is 4.72 Å². The third kappa shape index (κ3) is 3.27. The zero-order chi connectivity index (χ0) is 18.3. The van der Waals surface area contributed by atoms with Crippen molar-refractivity contribution in [3.05, 3.63) is 70.3 Å². The molecule has 0 saturated heterocycles. The molecule has 0 spiro atoms. The van der Waals surface area contributed by atoms with Crippen LogP contribution in [0.2, 0.25) is 0 Å². The van der Waals surface area contributed by atoms with Gasteiger partial charge in [0.15, 0.2) is 0 Å². The number of hydrogen-bond acceptors (Lipinski definition) is 4. The summed E-state index contributed by atoms with van der Waals surface area (Å²) in [5, 5.41) is 0. The Morgan fingerprint density at radius 3 is 2.73 bits per heavy atom. The molecule has 0 aliphatic rings. The number of aromatic nitrogens is 2. The molecule has 3 heterocycles. The summed E-state index contributed by atoms with van der Waals surface area (Å²) < 4.78 is 30.6. The van der Waals surface area contributed by atoms with Gasteiger partial charge in [-0.05, 0) is 58.7 Å². The van der Waals surface area contributed by atoms with Crippen molar-refractivity contribution in [1.29, 1.82) is 0 Å². The van der Waals surface area contributed by atoms with Gasteiger partial charge in [-0.3, -0.25) is 4.72 Å². The van der Waals surface area contributed by atoms with Crippen molar-refractivity contribution in [2.45, 2.75) is 11.1 Å². The van der Waals surface area contributed by atoms with Gasteiger partial charge >= 0.3 is 0 Å². The van der Waals surface area contributed by atoms with Crippen molar-refractivity contribution in [2.24, 2.45) is 0 Å². The Bertz CT molecular complexity index is 1210. The van der Waals surface area contributed by atoms with Crippen LogP contribution in [0.15, 0.2) is 68.9 Å². The molecule has 4 rings (SSSR count). The summed E-state index contributed by atoms with van der Waals surface area (Å²) in [6.07, 6.45) is 3.88. The average molecular weight is 448 g/mol. The van der Waals surface area contributed by atoms with Gasteiger partial charge in [0.1, 0.15) is 9.86 Å². The fourth-order valence-corrected chi connectivity index (χ4v) is 5.74. The van der Waals surface area contributed by atoms with Crippen LogP contribution in [0.4, 0.5) is 5.69 Å². The first-order valence-corrected chi connectivity index (χ1v) is 10.8. The van der Waals surface area contributed by atoms with E-state index in [4.69, 9.17) is 0 Å². The molecule has 1 N–H and O–H groups in total. The number of imidazole rings is 1. The second kappa shape index (κ2) is 6.53. The largest absolute Gasteiger partial charge is 0.306 e. The predicted octanol–water partition coefficient (Wildman–Crippen LogP) is 4.93. The predicted molar refractivity (Wildman–Crippen MR) is 108 cm³/mol. The Morgan fingerprint density at radius 1 is 1.15 bits per heavy atom. The maximum atomic E-state index is 12.5. The van der Waals surface area contributed by atoms with Crippen LogP contribution in [0.1, 0.15) is 5.56 Å². The van der Waals surface area contributed by atoms with Crippen molar-refractivity contribution >= 4 is 48.6 Å². The monoisotopic (exact) mass is 447 g/mol. The fraction of sp³-hybridized carbons (Fsp3) is 0.0556. The molecule has 8 heteroatoms. The zero-order valence-corrected chi connectivity index (χ0v) is 16.9. The number of nitrogens with zero attached hydrogens (tertiary/aromatic N) is 2. The van der Waals surface area contributed by atoms with E-state index in [1.54, 1.807) is 24.3 Å². The van der Waals surface area contributed by atoms with E-state index in [0.29, 0.717) is 5.69 Å². The molecular weight excluding hydrogens is 434 g/mol. The van der Waals surface area contributed by atoms with E-state index in [-0.39, 0.29) is 4.21 Å². The molecule has 0 aliphatic heterocycles. The molecule has 0 bridgehead atoms. The third-order valence-corrected chi connectivity index (χ3v) is 7.40. The first kappa shape index (κ1) is 17.3. The van der Waals surface area contributed by atoms with E-state index in [2.05, 4.69) is 25.6 Å². The Labute approximate surface area is 163 Å². The van der Waals surface area contributed by atoms with E-state index in [9.17, 15) is 8.42 Å². The topological polar surface area (TPSA) is 63.5 Å². The van der Waals surface area contributed by atoms with E-state index >= 15 is 0 Å². The summed E-state index contributed by atoms with van der Waals surface area (Å²) in [7, 11) is -3.61. The highest BCUT2D eigenvalue weighted by Gasteiger charge is 2.17. The summed E-state index contributed by atoms with van der Waals surface area (Å²) in [6.45, 7) is 2.01. The lowest BCUT2D eigenvalue weighted by molar-refractivity contribution is 0.603. The molecule has 5 nitrogen and oxygen atoms in total. The van der Waals surface area contributed by atoms with Gasteiger partial charge < -0.3 is 4.40 Å². The van der Waals surface area contributed by atoms with Gasteiger partial charge in [0, 0.05) is 23.6 Å². The van der Waals surface area contributed by atoms with Crippen molar-refractivity contribution in [3.8, 4) is 11.3 Å². The lowest BCUT2D eigenvalue weighted by Gasteiger charge is -2.07. The van der Waals surface area contributed by atoms with Gasteiger partial charge in [0.05, 0.1) is 9.48 Å². The maximum absolute atomic E-state index is 12.5. The van der Waals surface area contributed by atoms with Crippen LogP contribution in [0.25, 0.3) is 16.9 Å². The molecule has 0 aliphatic carbocycles. The Hall–Kier alpha value is -2.16. The number of anilines is 1. The number of sulfonamides is 1. The van der Waals surface area contributed by atoms with Crippen LogP contribution < -0.4 is 4.72 Å². The molecule has 26 heavy (non-hydrogen) atoms. The molecule has 4 aromatic rings. The number of pyridine rings is 1. The first-order valence-electron chi connectivity index (χ1n) is 7.75. The molecule has 0 radical (unpaired) electrons. The SMILES string of the molecule is Cc1cccn2cc(-c3cccc(NS(=O)(=O)c4ccc(Br)s4)c3)nc12. The minimum absolute atomic E-state index is 0.262. The molecular formula is C18H14BrN3O2S2. The number of aryl methyl sites for hydroxylation is 1. The summed E-state index contributed by atoms with van der Waals surface area (Å²) in [5.74, 6) is 0. The van der Waals surface area contributed by atoms with Crippen LogP contribution in [-0.2, 0) is 10.0 Å². The van der Waals surface area contributed by atoms with Crippen LogP contribution >= 0.6 is 27.3 Å². The van der Waals surface area contributed by atoms with Gasteiger partial charge in [0.2, 0.25) is 0 Å². The first-order chi connectivity index (χ1) is 12.4. The average Bonchev–Trinajstić information content (AvgIpc) is 3.22. The van der Waals surface area contributed by atoms with Gasteiger partial charge in [-0.2, -0.15) is 0 Å². The zero-order valence-electron chi connectivity index (χ0n) is 13.7. The fourth-order valence-electron chi connectivity index (χ4n) is 2.68. The van der Waals surface area contributed by atoms with Crippen molar-refractivity contribution < 1.29 is 8.42 Å². The molecule has 3 aromatic heterocycles. The molecule has 0 amide bonds. The molecule has 0 saturated carbocycles. The van der Waals surface area contributed by atoms with Crippen LogP contribution in [0.3, 0.4) is 0 Å². The summed E-state index contributed by atoms with van der Waals surface area (Å²) >= 11 is 4.46. The number of rotatable bonds is 4. The maximum Gasteiger partial charge on any atom is 0.271 e. The Kier molecular flexibility index (Phi) is 4.34. The third-order valence-electron chi connectivity index (χ3n) is 3.90. The number of halogens is 1. The second-order valence-corrected chi connectivity index (χ2v) is 10.2. The van der Waals surface area contributed by atoms with Gasteiger partial charge in [0.25, 0.3) is 10.0 Å². The van der Waals surface area contributed by atoms with Gasteiger partial charge in [-0.15, -0.1) is 11.3 Å². The highest BCUT2D eigenvalue weighted by atomic mass is 79.9. The molecule has 0 atom stereocenters. The minimum Gasteiger partial charge on any atom is -0.306 e. The number of thiophene rings is 1. The van der Waals surface area contributed by atoms with Crippen LogP contribution in [-0.4, -0.2) is 17.8 Å². The lowest BCUT2D eigenvalue weighted by atomic mass is 10.1. The molecule has 0 unspecified atom stereocenters. The van der Waals surface area contributed by atoms with Gasteiger partial charge in [-0.25, -0.2) is 13.4 Å². The normalized spacial score (nSPS) is 11.8. The summed E-state index contributed by atoms with van der Waals surface area (Å²) in [4.78, 5) is 4.66. The second-order valence-electron chi connectivity index (χ2n) is 5.79. The number of fused-ring (bicyclic) bond motifs is 1. The lowest BCUT2D eigenvalue weighted by Crippen LogP contribution is -2.11. The number of nitrogens with one attached hydrogen (secondary N) is 1.